The fraction of sp³-hybridized carbons (Fsp3) is 0. The van der Waals surface area contributed by atoms with Crippen LogP contribution in [0.1, 0.15) is 10.4 Å². The highest BCUT2D eigenvalue weighted by molar-refractivity contribution is 9.11. The lowest BCUT2D eigenvalue weighted by molar-refractivity contribution is -0.383. The van der Waals surface area contributed by atoms with E-state index in [0.717, 1.165) is 3.79 Å². The summed E-state index contributed by atoms with van der Waals surface area (Å²) >= 11 is 4.48. The van der Waals surface area contributed by atoms with Gasteiger partial charge < -0.3 is 5.73 Å². The maximum absolute atomic E-state index is 11.9. The number of benzene rings is 1. The minimum atomic E-state index is -0.602. The Bertz CT molecular complexity index is 658. The Balaban J connectivity index is 2.20. The van der Waals surface area contributed by atoms with Crippen LogP contribution >= 0.6 is 27.3 Å². The number of nitrogen functional groups attached to an aromatic ring is 1. The molecule has 1 aromatic heterocycles. The molecule has 1 aromatic carbocycles. The lowest BCUT2D eigenvalue weighted by atomic mass is 10.1. The van der Waals surface area contributed by atoms with Crippen molar-refractivity contribution < 1.29 is 9.72 Å². The summed E-state index contributed by atoms with van der Waals surface area (Å²) in [5, 5.41) is 13.6. The van der Waals surface area contributed by atoms with Crippen molar-refractivity contribution in [3.05, 3.63) is 43.9 Å². The third-order valence-corrected chi connectivity index (χ3v) is 3.58. The van der Waals surface area contributed by atoms with Gasteiger partial charge in [-0.25, -0.2) is 4.98 Å². The molecule has 7 nitrogen and oxygen atoms in total. The molecule has 3 N–H and O–H groups in total. The zero-order valence-corrected chi connectivity index (χ0v) is 11.7. The maximum Gasteiger partial charge on any atom is 0.292 e. The second kappa shape index (κ2) is 5.33. The molecule has 0 aliphatic heterocycles. The van der Waals surface area contributed by atoms with Gasteiger partial charge in [-0.3, -0.25) is 20.2 Å². The number of nitrogens with one attached hydrogen (secondary N) is 1. The predicted molar refractivity (Wildman–Crippen MR) is 75.3 cm³/mol. The monoisotopic (exact) mass is 342 g/mol. The van der Waals surface area contributed by atoms with Gasteiger partial charge in [0, 0.05) is 11.6 Å². The summed E-state index contributed by atoms with van der Waals surface area (Å²) < 4.78 is 0.783. The Kier molecular flexibility index (Phi) is 3.76. The molecule has 0 aliphatic rings. The van der Waals surface area contributed by atoms with E-state index in [0.29, 0.717) is 5.13 Å². The van der Waals surface area contributed by atoms with Gasteiger partial charge in [0.05, 0.1) is 14.9 Å². The van der Waals surface area contributed by atoms with Gasteiger partial charge in [-0.05, 0) is 28.1 Å². The van der Waals surface area contributed by atoms with Crippen LogP contribution in [-0.2, 0) is 0 Å². The number of nitrogens with zero attached hydrogens (tertiary/aromatic N) is 2. The minimum Gasteiger partial charge on any atom is -0.393 e. The average Bonchev–Trinajstić information content (AvgIpc) is 2.74. The van der Waals surface area contributed by atoms with Crippen molar-refractivity contribution in [2.45, 2.75) is 0 Å². The summed E-state index contributed by atoms with van der Waals surface area (Å²) in [5.74, 6) is -0.427. The number of hydrogen-bond donors (Lipinski definition) is 2. The van der Waals surface area contributed by atoms with Crippen LogP contribution in [0.4, 0.5) is 16.5 Å². The highest BCUT2D eigenvalue weighted by atomic mass is 79.9. The van der Waals surface area contributed by atoms with Crippen LogP contribution in [0, 0.1) is 10.1 Å². The first-order valence-corrected chi connectivity index (χ1v) is 6.55. The van der Waals surface area contributed by atoms with Crippen LogP contribution in [0.2, 0.25) is 0 Å². The summed E-state index contributed by atoms with van der Waals surface area (Å²) in [4.78, 5) is 25.8. The van der Waals surface area contributed by atoms with E-state index in [1.54, 1.807) is 6.20 Å². The topological polar surface area (TPSA) is 111 Å². The number of carbonyl (C=O) groups is 1. The Morgan fingerprint density at radius 3 is 2.79 bits per heavy atom. The fourth-order valence-electron chi connectivity index (χ4n) is 1.34. The largest absolute Gasteiger partial charge is 0.393 e. The van der Waals surface area contributed by atoms with Crippen molar-refractivity contribution in [2.75, 3.05) is 11.1 Å². The molecule has 0 unspecified atom stereocenters. The SMILES string of the molecule is Nc1cc(C(=O)Nc2ncc(Br)s2)ccc1[N+](=O)[O-]. The van der Waals surface area contributed by atoms with Crippen molar-refractivity contribution in [1.29, 1.82) is 0 Å². The number of halogens is 1. The Morgan fingerprint density at radius 1 is 1.53 bits per heavy atom. The van der Waals surface area contributed by atoms with E-state index < -0.39 is 10.8 Å². The van der Waals surface area contributed by atoms with Crippen molar-refractivity contribution >= 4 is 49.7 Å². The molecule has 19 heavy (non-hydrogen) atoms. The third-order valence-electron chi connectivity index (χ3n) is 2.18. The average molecular weight is 343 g/mol. The Hall–Kier alpha value is -2.00. The Labute approximate surface area is 119 Å². The maximum atomic E-state index is 11.9. The Morgan fingerprint density at radius 2 is 2.26 bits per heavy atom. The lowest BCUT2D eigenvalue weighted by Crippen LogP contribution is -2.12. The van der Waals surface area contributed by atoms with Crippen molar-refractivity contribution in [1.82, 2.24) is 4.98 Å². The van der Waals surface area contributed by atoms with E-state index in [1.165, 1.54) is 29.5 Å². The normalized spacial score (nSPS) is 10.2. The predicted octanol–water partition coefficient (Wildman–Crippen LogP) is 2.65. The molecule has 0 saturated heterocycles. The van der Waals surface area contributed by atoms with Gasteiger partial charge in [0.2, 0.25) is 0 Å². The number of hydrogen-bond acceptors (Lipinski definition) is 6. The molecule has 98 valence electrons. The highest BCUT2D eigenvalue weighted by Crippen LogP contribution is 2.25. The van der Waals surface area contributed by atoms with E-state index in [4.69, 9.17) is 5.73 Å². The number of aromatic nitrogens is 1. The molecule has 0 atom stereocenters. The minimum absolute atomic E-state index is 0.0574. The molecule has 0 fully saturated rings. The number of amides is 1. The van der Waals surface area contributed by atoms with Gasteiger partial charge in [0.25, 0.3) is 11.6 Å². The number of nitro groups is 1. The van der Waals surface area contributed by atoms with E-state index in [-0.39, 0.29) is 16.9 Å². The second-order valence-electron chi connectivity index (χ2n) is 3.45. The second-order valence-corrected chi connectivity index (χ2v) is 5.86. The molecule has 2 aromatic rings. The molecule has 9 heteroatoms. The molecule has 0 bridgehead atoms. The smallest absolute Gasteiger partial charge is 0.292 e. The van der Waals surface area contributed by atoms with Gasteiger partial charge in [-0.1, -0.05) is 11.3 Å². The molecular formula is C10H7BrN4O3S. The molecule has 0 saturated carbocycles. The number of thiazole rings is 1. The van der Waals surface area contributed by atoms with Gasteiger partial charge >= 0.3 is 0 Å². The van der Waals surface area contributed by atoms with Crippen LogP contribution < -0.4 is 11.1 Å². The van der Waals surface area contributed by atoms with Gasteiger partial charge in [0.15, 0.2) is 5.13 Å². The third kappa shape index (κ3) is 3.06. The quantitative estimate of drug-likeness (QED) is 0.506. The van der Waals surface area contributed by atoms with Crippen molar-refractivity contribution in [3.63, 3.8) is 0 Å². The van der Waals surface area contributed by atoms with Gasteiger partial charge in [-0.2, -0.15) is 0 Å². The fourth-order valence-corrected chi connectivity index (χ4v) is 2.45. The molecule has 1 amide bonds. The first-order valence-electron chi connectivity index (χ1n) is 4.94. The number of nitro benzene ring substituents is 1. The summed E-state index contributed by atoms with van der Waals surface area (Å²) in [6.07, 6.45) is 1.56. The van der Waals surface area contributed by atoms with E-state index in [1.807, 2.05) is 0 Å². The molecule has 2 rings (SSSR count). The molecule has 0 spiro atoms. The van der Waals surface area contributed by atoms with Crippen LogP contribution in [-0.4, -0.2) is 15.8 Å². The van der Waals surface area contributed by atoms with E-state index in [9.17, 15) is 14.9 Å². The number of rotatable bonds is 3. The highest BCUT2D eigenvalue weighted by Gasteiger charge is 2.15. The van der Waals surface area contributed by atoms with Crippen LogP contribution in [0.5, 0.6) is 0 Å². The van der Waals surface area contributed by atoms with Crippen molar-refractivity contribution in [3.8, 4) is 0 Å². The lowest BCUT2D eigenvalue weighted by Gasteiger charge is -2.03. The van der Waals surface area contributed by atoms with E-state index in [2.05, 4.69) is 26.2 Å². The molecular weight excluding hydrogens is 336 g/mol. The van der Waals surface area contributed by atoms with Crippen molar-refractivity contribution in [2.24, 2.45) is 0 Å². The zero-order valence-electron chi connectivity index (χ0n) is 9.29. The number of nitrogens with two attached hydrogens (primary N) is 1. The number of anilines is 2. The first-order chi connectivity index (χ1) is 8.97. The zero-order chi connectivity index (χ0) is 14.0. The molecule has 0 aliphatic carbocycles. The summed E-state index contributed by atoms with van der Waals surface area (Å²) in [7, 11) is 0. The van der Waals surface area contributed by atoms with Crippen LogP contribution in [0.15, 0.2) is 28.2 Å². The van der Waals surface area contributed by atoms with Gasteiger partial charge in [-0.15, -0.1) is 0 Å². The van der Waals surface area contributed by atoms with Gasteiger partial charge in [0.1, 0.15) is 5.69 Å². The van der Waals surface area contributed by atoms with Crippen LogP contribution in [0.3, 0.4) is 0 Å². The number of carbonyl (C=O) groups excluding carboxylic acids is 1. The first kappa shape index (κ1) is 13.4. The summed E-state index contributed by atoms with van der Waals surface area (Å²) in [5.41, 5.74) is 5.46. The van der Waals surface area contributed by atoms with Crippen LogP contribution in [0.25, 0.3) is 0 Å². The summed E-state index contributed by atoms with van der Waals surface area (Å²) in [6, 6.07) is 3.80. The van der Waals surface area contributed by atoms with E-state index >= 15 is 0 Å². The molecule has 0 radical (unpaired) electrons. The standard InChI is InChI=1S/C10H7BrN4O3S/c11-8-4-13-10(19-8)14-9(16)5-1-2-7(15(17)18)6(12)3-5/h1-4H,12H2,(H,13,14,16). The molecule has 1 heterocycles. The summed E-state index contributed by atoms with van der Waals surface area (Å²) in [6.45, 7) is 0.